The lowest BCUT2D eigenvalue weighted by molar-refractivity contribution is -0.215. The van der Waals surface area contributed by atoms with Crippen LogP contribution in [0.2, 0.25) is 0 Å². The first-order valence-electron chi connectivity index (χ1n) is 7.65. The molecular formula is C17H33N3O3. The van der Waals surface area contributed by atoms with Crippen LogP contribution in [0.4, 0.5) is 11.4 Å². The number of hydrogen-bond donors (Lipinski definition) is 3. The first-order valence-corrected chi connectivity index (χ1v) is 7.65. The van der Waals surface area contributed by atoms with Crippen molar-refractivity contribution in [2.75, 3.05) is 19.6 Å². The van der Waals surface area contributed by atoms with Gasteiger partial charge in [-0.2, -0.15) is 0 Å². The van der Waals surface area contributed by atoms with Crippen LogP contribution < -0.4 is 5.48 Å². The van der Waals surface area contributed by atoms with Gasteiger partial charge in [-0.25, -0.2) is 15.7 Å². The SMILES string of the molecule is CC.CC(C)(C)O.Cc1cc(NOO)c(C)cc1N=CN(C)C. The third-order valence-electron chi connectivity index (χ3n) is 2.13. The molecular weight excluding hydrogens is 294 g/mol. The van der Waals surface area contributed by atoms with Crippen molar-refractivity contribution < 1.29 is 15.4 Å². The molecule has 6 nitrogen and oxygen atoms in total. The number of benzene rings is 1. The van der Waals surface area contributed by atoms with Crippen LogP contribution in [0.5, 0.6) is 0 Å². The predicted molar refractivity (Wildman–Crippen MR) is 98.4 cm³/mol. The van der Waals surface area contributed by atoms with Gasteiger partial charge in [0.1, 0.15) is 0 Å². The molecule has 134 valence electrons. The Labute approximate surface area is 140 Å². The summed E-state index contributed by atoms with van der Waals surface area (Å²) < 4.78 is 0. The van der Waals surface area contributed by atoms with Gasteiger partial charge in [0.05, 0.1) is 23.3 Å². The number of aryl methyl sites for hydroxylation is 2. The molecule has 0 spiro atoms. The van der Waals surface area contributed by atoms with Gasteiger partial charge in [-0.1, -0.05) is 13.8 Å². The van der Waals surface area contributed by atoms with Crippen LogP contribution in [-0.4, -0.2) is 41.3 Å². The number of aliphatic imine (C=N–C) groups is 1. The minimum Gasteiger partial charge on any atom is -0.391 e. The van der Waals surface area contributed by atoms with Crippen LogP contribution in [-0.2, 0) is 4.99 Å². The Bertz CT molecular complexity index is 461. The fourth-order valence-corrected chi connectivity index (χ4v) is 1.28. The van der Waals surface area contributed by atoms with Gasteiger partial charge >= 0.3 is 0 Å². The number of nitrogens with one attached hydrogen (secondary N) is 1. The Morgan fingerprint density at radius 3 is 2.00 bits per heavy atom. The maximum atomic E-state index is 8.52. The Balaban J connectivity index is 0. The molecule has 0 unspecified atom stereocenters. The number of anilines is 1. The van der Waals surface area contributed by atoms with Crippen molar-refractivity contribution in [1.29, 1.82) is 0 Å². The van der Waals surface area contributed by atoms with Gasteiger partial charge in [0.25, 0.3) is 0 Å². The number of rotatable bonds is 4. The Kier molecular flexibility index (Phi) is 12.2. The second kappa shape index (κ2) is 11.9. The first kappa shape index (κ1) is 23.6. The van der Waals surface area contributed by atoms with Gasteiger partial charge in [0.2, 0.25) is 0 Å². The highest BCUT2D eigenvalue weighted by molar-refractivity contribution is 5.66. The van der Waals surface area contributed by atoms with Crippen LogP contribution in [0.1, 0.15) is 45.7 Å². The maximum Gasteiger partial charge on any atom is 0.0907 e. The normalized spacial score (nSPS) is 10.4. The minimum atomic E-state index is -0.500. The molecule has 1 aromatic rings. The third-order valence-corrected chi connectivity index (χ3v) is 2.13. The summed E-state index contributed by atoms with van der Waals surface area (Å²) in [6.07, 6.45) is 1.75. The van der Waals surface area contributed by atoms with Gasteiger partial charge in [0.15, 0.2) is 0 Å². The summed E-state index contributed by atoms with van der Waals surface area (Å²) in [5.74, 6) is 0. The second-order valence-electron chi connectivity index (χ2n) is 6.03. The molecule has 23 heavy (non-hydrogen) atoms. The van der Waals surface area contributed by atoms with Crippen LogP contribution in [0.3, 0.4) is 0 Å². The standard InChI is InChI=1S/C11H17N3O2.C4H10O.C2H6/c1-8-6-11(13-16-15)9(2)5-10(8)12-7-14(3)4;1-4(2,3)5;1-2/h5-7,13,15H,1-4H3;5H,1-3H3;1-2H3. The number of aliphatic hydroxyl groups is 1. The van der Waals surface area contributed by atoms with E-state index in [-0.39, 0.29) is 0 Å². The lowest BCUT2D eigenvalue weighted by Crippen LogP contribution is -2.10. The van der Waals surface area contributed by atoms with Crippen molar-refractivity contribution in [3.8, 4) is 0 Å². The maximum absolute atomic E-state index is 8.52. The van der Waals surface area contributed by atoms with E-state index in [0.717, 1.165) is 22.5 Å². The van der Waals surface area contributed by atoms with Crippen LogP contribution in [0.25, 0.3) is 0 Å². The average molecular weight is 327 g/mol. The van der Waals surface area contributed by atoms with E-state index in [1.54, 1.807) is 27.1 Å². The van der Waals surface area contributed by atoms with E-state index in [4.69, 9.17) is 10.4 Å². The molecule has 0 aliphatic rings. The van der Waals surface area contributed by atoms with Crippen LogP contribution in [0, 0.1) is 13.8 Å². The van der Waals surface area contributed by atoms with Crippen molar-refractivity contribution in [2.24, 2.45) is 4.99 Å². The van der Waals surface area contributed by atoms with Crippen molar-refractivity contribution in [2.45, 2.75) is 54.1 Å². The number of hydrogen-bond acceptors (Lipinski definition) is 5. The lowest BCUT2D eigenvalue weighted by atomic mass is 10.1. The second-order valence-corrected chi connectivity index (χ2v) is 6.03. The summed E-state index contributed by atoms with van der Waals surface area (Å²) in [6, 6.07) is 3.80. The highest BCUT2D eigenvalue weighted by Crippen LogP contribution is 2.26. The molecule has 0 aliphatic heterocycles. The van der Waals surface area contributed by atoms with Gasteiger partial charge in [-0.05, 0) is 57.9 Å². The summed E-state index contributed by atoms with van der Waals surface area (Å²) in [5.41, 5.74) is 5.48. The third kappa shape index (κ3) is 13.7. The molecule has 0 fully saturated rings. The largest absolute Gasteiger partial charge is 0.391 e. The number of nitrogens with zero attached hydrogens (tertiary/aromatic N) is 2. The molecule has 1 rings (SSSR count). The van der Waals surface area contributed by atoms with Crippen molar-refractivity contribution in [3.63, 3.8) is 0 Å². The van der Waals surface area contributed by atoms with Gasteiger partial charge in [-0.3, -0.25) is 0 Å². The van der Waals surface area contributed by atoms with E-state index in [0.29, 0.717) is 0 Å². The molecule has 3 N–H and O–H groups in total. The van der Waals surface area contributed by atoms with E-state index in [1.165, 1.54) is 0 Å². The van der Waals surface area contributed by atoms with E-state index < -0.39 is 5.60 Å². The van der Waals surface area contributed by atoms with Crippen molar-refractivity contribution in [1.82, 2.24) is 4.90 Å². The fourth-order valence-electron chi connectivity index (χ4n) is 1.28. The van der Waals surface area contributed by atoms with E-state index in [2.05, 4.69) is 15.5 Å². The molecule has 0 amide bonds. The first-order chi connectivity index (χ1) is 10.5. The average Bonchev–Trinajstić information content (AvgIpc) is 2.41. The fraction of sp³-hybridized carbons (Fsp3) is 0.588. The summed E-state index contributed by atoms with van der Waals surface area (Å²) in [5, 5.41) is 16.9. The molecule has 0 atom stereocenters. The molecule has 0 saturated heterocycles. The topological polar surface area (TPSA) is 77.3 Å². The lowest BCUT2D eigenvalue weighted by Gasteiger charge is -2.10. The summed E-state index contributed by atoms with van der Waals surface area (Å²) in [4.78, 5) is 10.1. The summed E-state index contributed by atoms with van der Waals surface area (Å²) >= 11 is 0. The van der Waals surface area contributed by atoms with E-state index in [9.17, 15) is 0 Å². The van der Waals surface area contributed by atoms with Crippen molar-refractivity contribution >= 4 is 17.7 Å². The highest BCUT2D eigenvalue weighted by atomic mass is 17.2. The molecule has 0 aromatic heterocycles. The van der Waals surface area contributed by atoms with Crippen molar-refractivity contribution in [3.05, 3.63) is 23.3 Å². The molecule has 0 bridgehead atoms. The van der Waals surface area contributed by atoms with Gasteiger partial charge < -0.3 is 10.0 Å². The molecule has 0 heterocycles. The zero-order chi connectivity index (χ0) is 18.6. The zero-order valence-electron chi connectivity index (χ0n) is 15.9. The quantitative estimate of drug-likeness (QED) is 0.335. The molecule has 0 saturated carbocycles. The minimum absolute atomic E-state index is 0.500. The van der Waals surface area contributed by atoms with E-state index in [1.807, 2.05) is 58.8 Å². The smallest absolute Gasteiger partial charge is 0.0907 e. The van der Waals surface area contributed by atoms with Crippen LogP contribution in [0.15, 0.2) is 17.1 Å². The zero-order valence-corrected chi connectivity index (χ0v) is 15.9. The molecule has 6 heteroatoms. The van der Waals surface area contributed by atoms with Gasteiger partial charge in [-0.15, -0.1) is 4.99 Å². The Morgan fingerprint density at radius 1 is 1.13 bits per heavy atom. The van der Waals surface area contributed by atoms with E-state index >= 15 is 0 Å². The molecule has 0 radical (unpaired) electrons. The van der Waals surface area contributed by atoms with Crippen LogP contribution >= 0.6 is 0 Å². The molecule has 1 aromatic carbocycles. The monoisotopic (exact) mass is 327 g/mol. The Hall–Kier alpha value is -1.63. The van der Waals surface area contributed by atoms with Gasteiger partial charge in [0, 0.05) is 14.1 Å². The predicted octanol–water partition coefficient (Wildman–Crippen LogP) is 4.14. The summed E-state index contributed by atoms with van der Waals surface area (Å²) in [7, 11) is 3.84. The highest BCUT2D eigenvalue weighted by Gasteiger charge is 2.03. The Morgan fingerprint density at radius 2 is 1.61 bits per heavy atom. The summed E-state index contributed by atoms with van der Waals surface area (Å²) in [6.45, 7) is 13.1. The molecule has 0 aliphatic carbocycles.